The highest BCUT2D eigenvalue weighted by Crippen LogP contribution is 2.14. The van der Waals surface area contributed by atoms with E-state index in [-0.39, 0.29) is 12.0 Å². The van der Waals surface area contributed by atoms with Gasteiger partial charge >= 0.3 is 17.9 Å². The first kappa shape index (κ1) is 12.2. The number of hydrogen-bond acceptors (Lipinski definition) is 5. The van der Waals surface area contributed by atoms with E-state index in [4.69, 9.17) is 14.6 Å². The van der Waals surface area contributed by atoms with Gasteiger partial charge in [-0.1, -0.05) is 6.08 Å². The summed E-state index contributed by atoms with van der Waals surface area (Å²) in [6, 6.07) is 0. The second-order valence-corrected chi connectivity index (χ2v) is 3.43. The fraction of sp³-hybridized carbons (Fsp3) is 0.500. The van der Waals surface area contributed by atoms with Crippen LogP contribution in [-0.2, 0) is 23.9 Å². The minimum Gasteiger partial charge on any atom is -0.478 e. The Morgan fingerprint density at radius 3 is 2.56 bits per heavy atom. The number of esters is 2. The number of carbonyl (C=O) groups is 3. The van der Waals surface area contributed by atoms with Crippen molar-refractivity contribution >= 4 is 17.9 Å². The van der Waals surface area contributed by atoms with Crippen LogP contribution in [0, 0.1) is 0 Å². The molecular formula is C10H12O6. The molecule has 1 saturated heterocycles. The maximum atomic E-state index is 11.3. The summed E-state index contributed by atoms with van der Waals surface area (Å²) in [6.07, 6.45) is -0.612. The smallest absolute Gasteiger partial charge is 0.348 e. The van der Waals surface area contributed by atoms with Crippen LogP contribution in [0.25, 0.3) is 0 Å². The van der Waals surface area contributed by atoms with Crippen LogP contribution in [0.15, 0.2) is 11.6 Å². The second kappa shape index (κ2) is 4.78. The molecule has 1 N–H and O–H groups in total. The van der Waals surface area contributed by atoms with Gasteiger partial charge in [-0.05, 0) is 13.8 Å². The maximum Gasteiger partial charge on any atom is 0.348 e. The van der Waals surface area contributed by atoms with Crippen LogP contribution >= 0.6 is 0 Å². The Labute approximate surface area is 91.8 Å². The molecule has 2 atom stereocenters. The van der Waals surface area contributed by atoms with Gasteiger partial charge in [-0.3, -0.25) is 0 Å². The fourth-order valence-corrected chi connectivity index (χ4v) is 1.10. The molecule has 1 aliphatic rings. The van der Waals surface area contributed by atoms with Gasteiger partial charge in [-0.15, -0.1) is 0 Å². The largest absolute Gasteiger partial charge is 0.478 e. The average Bonchev–Trinajstić information content (AvgIpc) is 2.20. The molecule has 0 spiro atoms. The van der Waals surface area contributed by atoms with Gasteiger partial charge in [0.15, 0.2) is 6.10 Å². The first-order valence-corrected chi connectivity index (χ1v) is 4.73. The van der Waals surface area contributed by atoms with Gasteiger partial charge in [0, 0.05) is 12.0 Å². The summed E-state index contributed by atoms with van der Waals surface area (Å²) in [5.41, 5.74) is 0.0856. The third-order valence-corrected chi connectivity index (χ3v) is 2.12. The fourth-order valence-electron chi connectivity index (χ4n) is 1.10. The molecule has 1 aliphatic heterocycles. The molecule has 0 aromatic carbocycles. The van der Waals surface area contributed by atoms with Crippen LogP contribution in [0.5, 0.6) is 0 Å². The van der Waals surface area contributed by atoms with Crippen molar-refractivity contribution in [3.8, 4) is 0 Å². The van der Waals surface area contributed by atoms with Gasteiger partial charge in [0.1, 0.15) is 0 Å². The van der Waals surface area contributed by atoms with Gasteiger partial charge in [-0.25, -0.2) is 14.4 Å². The molecule has 0 bridgehead atoms. The lowest BCUT2D eigenvalue weighted by molar-refractivity contribution is -0.193. The first-order valence-electron chi connectivity index (χ1n) is 4.73. The molecule has 0 amide bonds. The number of carbonyl (C=O) groups excluding carboxylic acids is 2. The molecule has 1 heterocycles. The normalized spacial score (nSPS) is 26.0. The third-order valence-electron chi connectivity index (χ3n) is 2.12. The van der Waals surface area contributed by atoms with Gasteiger partial charge in [-0.2, -0.15) is 0 Å². The van der Waals surface area contributed by atoms with Crippen LogP contribution < -0.4 is 0 Å². The summed E-state index contributed by atoms with van der Waals surface area (Å²) in [4.78, 5) is 32.8. The monoisotopic (exact) mass is 228 g/mol. The average molecular weight is 228 g/mol. The summed E-state index contributed by atoms with van der Waals surface area (Å²) >= 11 is 0. The Morgan fingerprint density at radius 1 is 1.38 bits per heavy atom. The maximum absolute atomic E-state index is 11.3. The van der Waals surface area contributed by atoms with Crippen LogP contribution in [0.2, 0.25) is 0 Å². The summed E-state index contributed by atoms with van der Waals surface area (Å²) in [6.45, 7) is 2.80. The van der Waals surface area contributed by atoms with E-state index < -0.39 is 30.1 Å². The Hall–Kier alpha value is -1.85. The van der Waals surface area contributed by atoms with Gasteiger partial charge in [0.25, 0.3) is 0 Å². The van der Waals surface area contributed by atoms with Gasteiger partial charge in [0.05, 0.1) is 0 Å². The number of carboxylic acids is 1. The summed E-state index contributed by atoms with van der Waals surface area (Å²) in [5.74, 6) is -2.35. The summed E-state index contributed by atoms with van der Waals surface area (Å²) in [5, 5.41) is 8.58. The second-order valence-electron chi connectivity index (χ2n) is 3.43. The van der Waals surface area contributed by atoms with E-state index in [9.17, 15) is 14.4 Å². The molecule has 0 aromatic heterocycles. The van der Waals surface area contributed by atoms with Gasteiger partial charge < -0.3 is 14.6 Å². The lowest BCUT2D eigenvalue weighted by atomic mass is 10.1. The van der Waals surface area contributed by atoms with Crippen molar-refractivity contribution in [2.75, 3.05) is 0 Å². The van der Waals surface area contributed by atoms with E-state index in [0.29, 0.717) is 0 Å². The summed E-state index contributed by atoms with van der Waals surface area (Å²) < 4.78 is 9.50. The number of ether oxygens (including phenoxy) is 2. The number of carboxylic acid groups (broad SMARTS) is 1. The van der Waals surface area contributed by atoms with Crippen molar-refractivity contribution in [3.05, 3.63) is 11.6 Å². The molecule has 2 unspecified atom stereocenters. The molecular weight excluding hydrogens is 216 g/mol. The Bertz CT molecular complexity index is 356. The van der Waals surface area contributed by atoms with E-state index in [1.807, 2.05) is 0 Å². The van der Waals surface area contributed by atoms with Crippen molar-refractivity contribution < 1.29 is 29.0 Å². The molecule has 0 aromatic rings. The summed E-state index contributed by atoms with van der Waals surface area (Å²) in [7, 11) is 0. The minimum absolute atomic E-state index is 0.00935. The number of cyclic esters (lactones) is 2. The van der Waals surface area contributed by atoms with E-state index in [1.54, 1.807) is 0 Å². The van der Waals surface area contributed by atoms with Gasteiger partial charge in [0.2, 0.25) is 6.10 Å². The zero-order valence-electron chi connectivity index (χ0n) is 8.93. The number of aliphatic carboxylic acids is 1. The van der Waals surface area contributed by atoms with Crippen molar-refractivity contribution in [3.63, 3.8) is 0 Å². The zero-order chi connectivity index (χ0) is 12.3. The highest BCUT2D eigenvalue weighted by atomic mass is 16.6. The molecule has 0 saturated carbocycles. The molecule has 0 radical (unpaired) electrons. The van der Waals surface area contributed by atoms with E-state index in [1.165, 1.54) is 19.9 Å². The molecule has 88 valence electrons. The van der Waals surface area contributed by atoms with E-state index in [2.05, 4.69) is 0 Å². The van der Waals surface area contributed by atoms with Crippen LogP contribution in [-0.4, -0.2) is 35.2 Å². The third kappa shape index (κ3) is 2.82. The Kier molecular flexibility index (Phi) is 3.65. The standard InChI is InChI=1S/C10H12O6/c1-5(8(11)12)3-4-7-10(14)15-6(2)9(13)16-7/h3,6-7H,4H2,1-2H3,(H,11,12). The topological polar surface area (TPSA) is 89.9 Å². The molecule has 1 fully saturated rings. The van der Waals surface area contributed by atoms with E-state index >= 15 is 0 Å². The zero-order valence-corrected chi connectivity index (χ0v) is 8.93. The highest BCUT2D eigenvalue weighted by molar-refractivity contribution is 5.88. The molecule has 6 nitrogen and oxygen atoms in total. The van der Waals surface area contributed by atoms with E-state index in [0.717, 1.165) is 0 Å². The molecule has 16 heavy (non-hydrogen) atoms. The lowest BCUT2D eigenvalue weighted by Crippen LogP contribution is -2.42. The Morgan fingerprint density at radius 2 is 2.00 bits per heavy atom. The molecule has 0 aliphatic carbocycles. The highest BCUT2D eigenvalue weighted by Gasteiger charge is 2.34. The minimum atomic E-state index is -1.08. The quantitative estimate of drug-likeness (QED) is 0.550. The predicted octanol–water partition coefficient (Wildman–Crippen LogP) is 0.264. The van der Waals surface area contributed by atoms with Crippen LogP contribution in [0.1, 0.15) is 20.3 Å². The van der Waals surface area contributed by atoms with Crippen LogP contribution in [0.4, 0.5) is 0 Å². The van der Waals surface area contributed by atoms with Crippen molar-refractivity contribution in [2.24, 2.45) is 0 Å². The first-order chi connectivity index (χ1) is 7.41. The predicted molar refractivity (Wildman–Crippen MR) is 51.4 cm³/mol. The van der Waals surface area contributed by atoms with Crippen molar-refractivity contribution in [1.29, 1.82) is 0 Å². The number of rotatable bonds is 3. The Balaban J connectivity index is 2.62. The lowest BCUT2D eigenvalue weighted by Gasteiger charge is -2.24. The van der Waals surface area contributed by atoms with Crippen molar-refractivity contribution in [1.82, 2.24) is 0 Å². The van der Waals surface area contributed by atoms with Crippen molar-refractivity contribution in [2.45, 2.75) is 32.5 Å². The molecule has 6 heteroatoms. The molecule has 1 rings (SSSR count). The van der Waals surface area contributed by atoms with Crippen LogP contribution in [0.3, 0.4) is 0 Å². The SMILES string of the molecule is CC(=CCC1OC(=O)C(C)OC1=O)C(=O)O. The number of hydrogen-bond donors (Lipinski definition) is 1.